The van der Waals surface area contributed by atoms with Crippen LogP contribution < -0.4 is 5.32 Å². The third-order valence-electron chi connectivity index (χ3n) is 3.03. The average Bonchev–Trinajstić information content (AvgIpc) is 2.33. The van der Waals surface area contributed by atoms with Gasteiger partial charge in [-0.15, -0.1) is 0 Å². The summed E-state index contributed by atoms with van der Waals surface area (Å²) in [5, 5.41) is 3.59. The van der Waals surface area contributed by atoms with Gasteiger partial charge in [-0.05, 0) is 74.7 Å². The summed E-state index contributed by atoms with van der Waals surface area (Å²) in [4.78, 5) is 14.2. The molecule has 0 radical (unpaired) electrons. The molecule has 0 spiro atoms. The topological polar surface area (TPSA) is 32.3 Å². The lowest BCUT2D eigenvalue weighted by molar-refractivity contribution is 0.0950. The molecule has 19 heavy (non-hydrogen) atoms. The molecule has 0 bridgehead atoms. The summed E-state index contributed by atoms with van der Waals surface area (Å²) >= 11 is 8.00. The van der Waals surface area contributed by atoms with Crippen molar-refractivity contribution in [1.29, 1.82) is 0 Å². The number of carbonyl (C=O) groups is 1. The summed E-state index contributed by atoms with van der Waals surface area (Å²) < 4.78 is 0.877. The highest BCUT2D eigenvalue weighted by atomic mass is 127. The number of hydrogen-bond acceptors (Lipinski definition) is 2. The first kappa shape index (κ1) is 16.7. The van der Waals surface area contributed by atoms with Crippen molar-refractivity contribution in [2.45, 2.75) is 26.3 Å². The van der Waals surface area contributed by atoms with E-state index >= 15 is 0 Å². The van der Waals surface area contributed by atoms with Crippen LogP contribution in [0.1, 0.15) is 30.6 Å². The van der Waals surface area contributed by atoms with E-state index in [1.807, 2.05) is 0 Å². The van der Waals surface area contributed by atoms with Crippen LogP contribution in [0.25, 0.3) is 0 Å². The second-order valence-electron chi connectivity index (χ2n) is 4.81. The predicted octanol–water partition coefficient (Wildman–Crippen LogP) is 3.40. The van der Waals surface area contributed by atoms with Gasteiger partial charge in [-0.1, -0.05) is 11.6 Å². The highest BCUT2D eigenvalue weighted by molar-refractivity contribution is 14.1. The highest BCUT2D eigenvalue weighted by Gasteiger charge is 2.09. The molecule has 0 aliphatic rings. The first-order chi connectivity index (χ1) is 8.91. The first-order valence-corrected chi connectivity index (χ1v) is 7.81. The SMILES string of the molecule is CC(C)N(C)CCCNC(=O)c1ccc(Cl)cc1I. The summed E-state index contributed by atoms with van der Waals surface area (Å²) in [6.45, 7) is 5.99. The largest absolute Gasteiger partial charge is 0.352 e. The van der Waals surface area contributed by atoms with Gasteiger partial charge < -0.3 is 10.2 Å². The van der Waals surface area contributed by atoms with Gasteiger partial charge in [0.05, 0.1) is 5.56 Å². The molecule has 1 aromatic carbocycles. The monoisotopic (exact) mass is 394 g/mol. The Morgan fingerprint density at radius 3 is 2.74 bits per heavy atom. The molecule has 0 unspecified atom stereocenters. The molecule has 1 N–H and O–H groups in total. The molecule has 0 saturated carbocycles. The number of nitrogens with one attached hydrogen (secondary N) is 1. The quantitative estimate of drug-likeness (QED) is 0.592. The van der Waals surface area contributed by atoms with Gasteiger partial charge in [-0.3, -0.25) is 4.79 Å². The van der Waals surface area contributed by atoms with Crippen LogP contribution in [0.5, 0.6) is 0 Å². The van der Waals surface area contributed by atoms with E-state index in [-0.39, 0.29) is 5.91 Å². The van der Waals surface area contributed by atoms with Gasteiger partial charge in [0.15, 0.2) is 0 Å². The lowest BCUT2D eigenvalue weighted by atomic mass is 10.2. The van der Waals surface area contributed by atoms with E-state index in [1.165, 1.54) is 0 Å². The Morgan fingerprint density at radius 1 is 1.47 bits per heavy atom. The molecule has 106 valence electrons. The Hall–Kier alpha value is -0.330. The molecule has 0 saturated heterocycles. The van der Waals surface area contributed by atoms with Gasteiger partial charge in [-0.25, -0.2) is 0 Å². The zero-order valence-corrected chi connectivity index (χ0v) is 14.5. The summed E-state index contributed by atoms with van der Waals surface area (Å²) in [5.74, 6) is -0.0340. The molecule has 0 heterocycles. The summed E-state index contributed by atoms with van der Waals surface area (Å²) in [7, 11) is 2.09. The predicted molar refractivity (Wildman–Crippen MR) is 88.9 cm³/mol. The molecular weight excluding hydrogens is 375 g/mol. The van der Waals surface area contributed by atoms with Crippen LogP contribution >= 0.6 is 34.2 Å². The minimum Gasteiger partial charge on any atom is -0.352 e. The van der Waals surface area contributed by atoms with Gasteiger partial charge >= 0.3 is 0 Å². The Balaban J connectivity index is 2.39. The number of nitrogens with zero attached hydrogens (tertiary/aromatic N) is 1. The lowest BCUT2D eigenvalue weighted by Gasteiger charge is -2.20. The molecule has 1 rings (SSSR count). The van der Waals surface area contributed by atoms with E-state index in [4.69, 9.17) is 11.6 Å². The van der Waals surface area contributed by atoms with Gasteiger partial charge in [0.25, 0.3) is 5.91 Å². The highest BCUT2D eigenvalue weighted by Crippen LogP contribution is 2.17. The van der Waals surface area contributed by atoms with Crippen molar-refractivity contribution in [2.24, 2.45) is 0 Å². The number of rotatable bonds is 6. The van der Waals surface area contributed by atoms with Crippen LogP contribution in [0.4, 0.5) is 0 Å². The van der Waals surface area contributed by atoms with Crippen molar-refractivity contribution in [1.82, 2.24) is 10.2 Å². The van der Waals surface area contributed by atoms with Crippen LogP contribution in [0, 0.1) is 3.57 Å². The number of carbonyl (C=O) groups excluding carboxylic acids is 1. The lowest BCUT2D eigenvalue weighted by Crippen LogP contribution is -2.31. The van der Waals surface area contributed by atoms with Crippen molar-refractivity contribution >= 4 is 40.1 Å². The molecule has 0 aliphatic carbocycles. The maximum Gasteiger partial charge on any atom is 0.252 e. The number of benzene rings is 1. The van der Waals surface area contributed by atoms with Gasteiger partial charge in [0, 0.05) is 21.2 Å². The minimum absolute atomic E-state index is 0.0340. The second-order valence-corrected chi connectivity index (χ2v) is 6.41. The standard InChI is InChI=1S/C14H20ClIN2O/c1-10(2)18(3)8-4-7-17-14(19)12-6-5-11(15)9-13(12)16/h5-6,9-10H,4,7-8H2,1-3H3,(H,17,19). The molecule has 0 atom stereocenters. The molecule has 1 amide bonds. The molecule has 1 aromatic rings. The van der Waals surface area contributed by atoms with Crippen molar-refractivity contribution in [3.8, 4) is 0 Å². The van der Waals surface area contributed by atoms with E-state index in [0.717, 1.165) is 16.5 Å². The van der Waals surface area contributed by atoms with Crippen LogP contribution in [0.15, 0.2) is 18.2 Å². The Bertz CT molecular complexity index is 437. The third-order valence-corrected chi connectivity index (χ3v) is 4.16. The number of amides is 1. The molecule has 5 heteroatoms. The normalized spacial score (nSPS) is 11.1. The maximum absolute atomic E-state index is 12.0. The fourth-order valence-electron chi connectivity index (χ4n) is 1.56. The van der Waals surface area contributed by atoms with Crippen molar-refractivity contribution in [2.75, 3.05) is 20.1 Å². The summed E-state index contributed by atoms with van der Waals surface area (Å²) in [6, 6.07) is 5.84. The average molecular weight is 395 g/mol. The second kappa shape index (κ2) is 8.07. The third kappa shape index (κ3) is 5.67. The fourth-order valence-corrected chi connectivity index (χ4v) is 2.67. The first-order valence-electron chi connectivity index (χ1n) is 6.35. The molecular formula is C14H20ClIN2O. The minimum atomic E-state index is -0.0340. The summed E-state index contributed by atoms with van der Waals surface area (Å²) in [6.07, 6.45) is 0.949. The molecule has 0 aliphatic heterocycles. The Morgan fingerprint density at radius 2 is 2.16 bits per heavy atom. The van der Waals surface area contributed by atoms with Gasteiger partial charge in [-0.2, -0.15) is 0 Å². The van der Waals surface area contributed by atoms with E-state index in [0.29, 0.717) is 23.2 Å². The molecule has 0 fully saturated rings. The van der Waals surface area contributed by atoms with Crippen molar-refractivity contribution in [3.05, 3.63) is 32.4 Å². The van der Waals surface area contributed by atoms with E-state index in [9.17, 15) is 4.79 Å². The van der Waals surface area contributed by atoms with Crippen LogP contribution in [-0.4, -0.2) is 37.0 Å². The molecule has 3 nitrogen and oxygen atoms in total. The van der Waals surface area contributed by atoms with Gasteiger partial charge in [0.2, 0.25) is 0 Å². The number of hydrogen-bond donors (Lipinski definition) is 1. The van der Waals surface area contributed by atoms with E-state index in [2.05, 4.69) is 53.7 Å². The molecule has 0 aromatic heterocycles. The van der Waals surface area contributed by atoms with Crippen molar-refractivity contribution < 1.29 is 4.79 Å². The smallest absolute Gasteiger partial charge is 0.252 e. The maximum atomic E-state index is 12.0. The van der Waals surface area contributed by atoms with E-state index in [1.54, 1.807) is 18.2 Å². The van der Waals surface area contributed by atoms with Crippen LogP contribution in [0.2, 0.25) is 5.02 Å². The Kier molecular flexibility index (Phi) is 7.10. The Labute approximate surface area is 133 Å². The van der Waals surface area contributed by atoms with Gasteiger partial charge in [0.1, 0.15) is 0 Å². The zero-order valence-electron chi connectivity index (χ0n) is 11.5. The summed E-state index contributed by atoms with van der Waals surface area (Å²) in [5.41, 5.74) is 0.683. The van der Waals surface area contributed by atoms with Crippen LogP contribution in [-0.2, 0) is 0 Å². The van der Waals surface area contributed by atoms with Crippen LogP contribution in [0.3, 0.4) is 0 Å². The van der Waals surface area contributed by atoms with Crippen molar-refractivity contribution in [3.63, 3.8) is 0 Å². The zero-order chi connectivity index (χ0) is 14.4. The van der Waals surface area contributed by atoms with E-state index < -0.39 is 0 Å². The number of halogens is 2. The fraction of sp³-hybridized carbons (Fsp3) is 0.500.